The predicted octanol–water partition coefficient (Wildman–Crippen LogP) is 2.57. The van der Waals surface area contributed by atoms with Crippen molar-refractivity contribution in [3.63, 3.8) is 0 Å². The molecule has 1 aromatic carbocycles. The van der Waals surface area contributed by atoms with Crippen molar-refractivity contribution >= 4 is 11.8 Å². The summed E-state index contributed by atoms with van der Waals surface area (Å²) >= 11 is 1.96. The molecule has 1 saturated heterocycles. The Morgan fingerprint density at radius 2 is 2.08 bits per heavy atom. The Morgan fingerprint density at radius 1 is 1.33 bits per heavy atom. The van der Waals surface area contributed by atoms with Gasteiger partial charge in [-0.05, 0) is 19.1 Å². The molecule has 2 atom stereocenters. The SMILES string of the molecule is C[C@H]1SC[C@H]1Oc1ccccc1. The molecule has 0 saturated carbocycles. The van der Waals surface area contributed by atoms with Gasteiger partial charge >= 0.3 is 0 Å². The molecular weight excluding hydrogens is 168 g/mol. The fourth-order valence-corrected chi connectivity index (χ4v) is 2.03. The van der Waals surface area contributed by atoms with Crippen molar-refractivity contribution in [1.29, 1.82) is 0 Å². The number of para-hydroxylation sites is 1. The number of hydrogen-bond donors (Lipinski definition) is 0. The summed E-state index contributed by atoms with van der Waals surface area (Å²) in [4.78, 5) is 0. The largest absolute Gasteiger partial charge is 0.488 e. The van der Waals surface area contributed by atoms with E-state index in [2.05, 4.69) is 6.92 Å². The second kappa shape index (κ2) is 3.40. The van der Waals surface area contributed by atoms with Crippen molar-refractivity contribution in [2.45, 2.75) is 18.3 Å². The molecule has 0 N–H and O–H groups in total. The predicted molar refractivity (Wildman–Crippen MR) is 52.8 cm³/mol. The first-order chi connectivity index (χ1) is 5.86. The molecule has 2 rings (SSSR count). The zero-order chi connectivity index (χ0) is 8.39. The monoisotopic (exact) mass is 180 g/mol. The third kappa shape index (κ3) is 1.58. The molecule has 1 heterocycles. The van der Waals surface area contributed by atoms with Crippen LogP contribution in [0.3, 0.4) is 0 Å². The maximum atomic E-state index is 5.74. The molecule has 0 amide bonds. The van der Waals surface area contributed by atoms with Crippen LogP contribution in [-0.2, 0) is 0 Å². The van der Waals surface area contributed by atoms with E-state index in [1.54, 1.807) is 0 Å². The van der Waals surface area contributed by atoms with Gasteiger partial charge in [0.05, 0.1) is 0 Å². The minimum absolute atomic E-state index is 0.428. The van der Waals surface area contributed by atoms with Gasteiger partial charge in [0.1, 0.15) is 11.9 Å². The Morgan fingerprint density at radius 3 is 2.58 bits per heavy atom. The molecule has 1 fully saturated rings. The Balaban J connectivity index is 1.95. The third-order valence-electron chi connectivity index (χ3n) is 2.08. The van der Waals surface area contributed by atoms with Crippen LogP contribution >= 0.6 is 11.8 Å². The Bertz CT molecular complexity index is 247. The van der Waals surface area contributed by atoms with Crippen LogP contribution in [0.15, 0.2) is 30.3 Å². The smallest absolute Gasteiger partial charge is 0.119 e. The molecule has 1 aliphatic heterocycles. The summed E-state index contributed by atoms with van der Waals surface area (Å²) in [6.45, 7) is 2.21. The molecule has 0 aliphatic carbocycles. The van der Waals surface area contributed by atoms with E-state index in [9.17, 15) is 0 Å². The van der Waals surface area contributed by atoms with Gasteiger partial charge in [-0.2, -0.15) is 11.8 Å². The molecule has 1 aliphatic rings. The lowest BCUT2D eigenvalue weighted by atomic mass is 10.3. The van der Waals surface area contributed by atoms with Gasteiger partial charge in [0.25, 0.3) is 0 Å². The van der Waals surface area contributed by atoms with Crippen LogP contribution in [0.25, 0.3) is 0 Å². The third-order valence-corrected chi connectivity index (χ3v) is 3.43. The van der Waals surface area contributed by atoms with Gasteiger partial charge in [0, 0.05) is 11.0 Å². The Kier molecular flexibility index (Phi) is 2.26. The van der Waals surface area contributed by atoms with Gasteiger partial charge in [-0.3, -0.25) is 0 Å². The molecule has 12 heavy (non-hydrogen) atoms. The molecule has 2 heteroatoms. The standard InChI is InChI=1S/C10H12OS/c1-8-10(7-12-8)11-9-5-3-2-4-6-9/h2-6,8,10H,7H2,1H3/t8-,10-/m1/s1. The topological polar surface area (TPSA) is 9.23 Å². The Hall–Kier alpha value is -0.630. The Labute approximate surface area is 77.1 Å². The highest BCUT2D eigenvalue weighted by atomic mass is 32.2. The molecule has 0 bridgehead atoms. The highest BCUT2D eigenvalue weighted by molar-refractivity contribution is 8.01. The first kappa shape index (κ1) is 7.99. The van der Waals surface area contributed by atoms with E-state index in [-0.39, 0.29) is 0 Å². The second-order valence-electron chi connectivity index (χ2n) is 3.01. The van der Waals surface area contributed by atoms with Gasteiger partial charge < -0.3 is 4.74 Å². The van der Waals surface area contributed by atoms with Crippen molar-refractivity contribution in [3.8, 4) is 5.75 Å². The average Bonchev–Trinajstić information content (AvgIpc) is 2.14. The number of thioether (sulfide) groups is 1. The van der Waals surface area contributed by atoms with Gasteiger partial charge in [0.15, 0.2) is 0 Å². The minimum Gasteiger partial charge on any atom is -0.488 e. The first-order valence-corrected chi connectivity index (χ1v) is 5.24. The summed E-state index contributed by atoms with van der Waals surface area (Å²) in [5, 5.41) is 0.658. The van der Waals surface area contributed by atoms with Crippen LogP contribution in [-0.4, -0.2) is 17.1 Å². The zero-order valence-corrected chi connectivity index (χ0v) is 7.88. The van der Waals surface area contributed by atoms with E-state index in [0.717, 1.165) is 11.5 Å². The molecule has 64 valence electrons. The summed E-state index contributed by atoms with van der Waals surface area (Å²) in [6, 6.07) is 10.0. The fourth-order valence-electron chi connectivity index (χ4n) is 1.17. The van der Waals surface area contributed by atoms with E-state index in [1.165, 1.54) is 0 Å². The van der Waals surface area contributed by atoms with E-state index in [1.807, 2.05) is 42.1 Å². The lowest BCUT2D eigenvalue weighted by Gasteiger charge is -2.33. The molecule has 1 nitrogen and oxygen atoms in total. The van der Waals surface area contributed by atoms with Crippen molar-refractivity contribution in [1.82, 2.24) is 0 Å². The molecule has 1 aromatic rings. The van der Waals surface area contributed by atoms with Crippen molar-refractivity contribution in [2.75, 3.05) is 5.75 Å². The number of hydrogen-bond acceptors (Lipinski definition) is 2. The van der Waals surface area contributed by atoms with E-state index in [0.29, 0.717) is 11.4 Å². The van der Waals surface area contributed by atoms with Crippen molar-refractivity contribution < 1.29 is 4.74 Å². The lowest BCUT2D eigenvalue weighted by Crippen LogP contribution is -2.39. The van der Waals surface area contributed by atoms with E-state index in [4.69, 9.17) is 4.74 Å². The number of ether oxygens (including phenoxy) is 1. The van der Waals surface area contributed by atoms with Crippen LogP contribution < -0.4 is 4.74 Å². The molecule has 0 radical (unpaired) electrons. The summed E-state index contributed by atoms with van der Waals surface area (Å²) in [5.74, 6) is 2.13. The van der Waals surface area contributed by atoms with Crippen LogP contribution in [0.5, 0.6) is 5.75 Å². The van der Waals surface area contributed by atoms with Crippen LogP contribution in [0.4, 0.5) is 0 Å². The second-order valence-corrected chi connectivity index (χ2v) is 4.42. The fraction of sp³-hybridized carbons (Fsp3) is 0.400. The highest BCUT2D eigenvalue weighted by Crippen LogP contribution is 2.31. The number of rotatable bonds is 2. The van der Waals surface area contributed by atoms with Crippen LogP contribution in [0.1, 0.15) is 6.92 Å². The summed E-state index contributed by atoms with van der Waals surface area (Å²) in [7, 11) is 0. The van der Waals surface area contributed by atoms with Crippen LogP contribution in [0.2, 0.25) is 0 Å². The van der Waals surface area contributed by atoms with Crippen molar-refractivity contribution in [3.05, 3.63) is 30.3 Å². The van der Waals surface area contributed by atoms with Gasteiger partial charge in [-0.15, -0.1) is 0 Å². The lowest BCUT2D eigenvalue weighted by molar-refractivity contribution is 0.214. The highest BCUT2D eigenvalue weighted by Gasteiger charge is 2.29. The minimum atomic E-state index is 0.428. The number of benzene rings is 1. The van der Waals surface area contributed by atoms with Gasteiger partial charge in [0.2, 0.25) is 0 Å². The van der Waals surface area contributed by atoms with Crippen LogP contribution in [0, 0.1) is 0 Å². The first-order valence-electron chi connectivity index (χ1n) is 4.19. The van der Waals surface area contributed by atoms with Crippen molar-refractivity contribution in [2.24, 2.45) is 0 Å². The summed E-state index contributed by atoms with van der Waals surface area (Å²) < 4.78 is 5.74. The van der Waals surface area contributed by atoms with Gasteiger partial charge in [-0.25, -0.2) is 0 Å². The normalized spacial score (nSPS) is 27.8. The molecule has 0 spiro atoms. The average molecular weight is 180 g/mol. The molecular formula is C10H12OS. The van der Waals surface area contributed by atoms with E-state index < -0.39 is 0 Å². The zero-order valence-electron chi connectivity index (χ0n) is 7.07. The van der Waals surface area contributed by atoms with E-state index >= 15 is 0 Å². The van der Waals surface area contributed by atoms with Gasteiger partial charge in [-0.1, -0.05) is 18.2 Å². The molecule has 0 unspecified atom stereocenters. The molecule has 0 aromatic heterocycles. The maximum absolute atomic E-state index is 5.74. The summed E-state index contributed by atoms with van der Waals surface area (Å²) in [6.07, 6.45) is 0.428. The maximum Gasteiger partial charge on any atom is 0.119 e. The quantitative estimate of drug-likeness (QED) is 0.691. The summed E-state index contributed by atoms with van der Waals surface area (Å²) in [5.41, 5.74) is 0.